The number of benzene rings is 2. The van der Waals surface area contributed by atoms with E-state index in [0.29, 0.717) is 17.3 Å². The van der Waals surface area contributed by atoms with Gasteiger partial charge in [0.15, 0.2) is 11.5 Å². The highest BCUT2D eigenvalue weighted by Crippen LogP contribution is 2.41. The molecule has 0 amide bonds. The highest BCUT2D eigenvalue weighted by molar-refractivity contribution is 5.78. The molecular weight excluding hydrogens is 382 g/mol. The fraction of sp³-hybridized carbons (Fsp3) is 0.200. The summed E-state index contributed by atoms with van der Waals surface area (Å²) in [4.78, 5) is 4.23. The van der Waals surface area contributed by atoms with Crippen LogP contribution in [0.5, 0.6) is 17.2 Å². The second-order valence-corrected chi connectivity index (χ2v) is 6.17. The number of allylic oxidation sites excluding steroid dienone is 1. The van der Waals surface area contributed by atoms with Crippen molar-refractivity contribution in [3.63, 3.8) is 0 Å². The molecule has 29 heavy (non-hydrogen) atoms. The van der Waals surface area contributed by atoms with Crippen LogP contribution in [0.1, 0.15) is 17.2 Å². The molecule has 1 aromatic heterocycles. The summed E-state index contributed by atoms with van der Waals surface area (Å²) in [6, 6.07) is 11.9. The third kappa shape index (κ3) is 3.58. The second kappa shape index (κ2) is 7.78. The fourth-order valence-electron chi connectivity index (χ4n) is 3.26. The predicted molar refractivity (Wildman–Crippen MR) is 102 cm³/mol. The van der Waals surface area contributed by atoms with Crippen LogP contribution in [0.3, 0.4) is 0 Å². The Morgan fingerprint density at radius 2 is 1.93 bits per heavy atom. The largest absolute Gasteiger partial charge is 0.497 e. The average molecular weight is 400 g/mol. The molecule has 0 fully saturated rings. The van der Waals surface area contributed by atoms with E-state index in [1.54, 1.807) is 30.0 Å². The number of methoxy groups -OCH3 is 2. The molecule has 2 aromatic carbocycles. The summed E-state index contributed by atoms with van der Waals surface area (Å²) < 4.78 is 43.1. The Bertz CT molecular complexity index is 1050. The third-order valence-electron chi connectivity index (χ3n) is 4.54. The molecule has 0 spiro atoms. The maximum Gasteiger partial charge on any atom is 0.387 e. The van der Waals surface area contributed by atoms with Crippen molar-refractivity contribution in [3.8, 4) is 17.2 Å². The standard InChI is InChI=1S/C20H18F2N4O3/c1-27-13-6-3-5-12(9-13)15-10-16(26-20(25-15)23-11-24-26)14-7-4-8-17(28-2)18(14)29-19(21)22/h3-11,16,19H,1-2H3,(H,23,24,25). The van der Waals surface area contributed by atoms with Gasteiger partial charge in [0.25, 0.3) is 0 Å². The van der Waals surface area contributed by atoms with Gasteiger partial charge in [-0.15, -0.1) is 0 Å². The summed E-state index contributed by atoms with van der Waals surface area (Å²) >= 11 is 0. The molecule has 7 nitrogen and oxygen atoms in total. The number of anilines is 1. The number of para-hydroxylation sites is 1. The number of hydrogen-bond donors (Lipinski definition) is 1. The third-order valence-corrected chi connectivity index (χ3v) is 4.54. The first-order chi connectivity index (χ1) is 14.1. The van der Waals surface area contributed by atoms with Crippen LogP contribution in [0.15, 0.2) is 54.9 Å². The van der Waals surface area contributed by atoms with Crippen molar-refractivity contribution in [2.24, 2.45) is 0 Å². The van der Waals surface area contributed by atoms with Crippen LogP contribution >= 0.6 is 0 Å². The molecule has 1 aliphatic rings. The molecular formula is C20H18F2N4O3. The van der Waals surface area contributed by atoms with Gasteiger partial charge in [0, 0.05) is 16.8 Å². The van der Waals surface area contributed by atoms with Gasteiger partial charge in [0.1, 0.15) is 18.1 Å². The van der Waals surface area contributed by atoms with Crippen molar-refractivity contribution >= 4 is 11.6 Å². The van der Waals surface area contributed by atoms with Crippen molar-refractivity contribution in [1.82, 2.24) is 14.8 Å². The van der Waals surface area contributed by atoms with E-state index >= 15 is 0 Å². The fourth-order valence-corrected chi connectivity index (χ4v) is 3.26. The second-order valence-electron chi connectivity index (χ2n) is 6.17. The monoisotopic (exact) mass is 400 g/mol. The molecule has 3 aromatic rings. The Balaban J connectivity index is 1.85. The number of rotatable bonds is 6. The molecule has 0 bridgehead atoms. The number of nitrogens with one attached hydrogen (secondary N) is 1. The van der Waals surface area contributed by atoms with Gasteiger partial charge in [0.2, 0.25) is 5.95 Å². The average Bonchev–Trinajstić information content (AvgIpc) is 3.21. The lowest BCUT2D eigenvalue weighted by Crippen LogP contribution is -2.21. The van der Waals surface area contributed by atoms with Crippen LogP contribution in [0, 0.1) is 0 Å². The van der Waals surface area contributed by atoms with E-state index in [2.05, 4.69) is 15.4 Å². The summed E-state index contributed by atoms with van der Waals surface area (Å²) in [5.41, 5.74) is 2.06. The zero-order valence-corrected chi connectivity index (χ0v) is 15.7. The summed E-state index contributed by atoms with van der Waals surface area (Å²) in [6.45, 7) is -3.00. The Morgan fingerprint density at radius 3 is 2.69 bits per heavy atom. The Kier molecular flexibility index (Phi) is 5.03. The van der Waals surface area contributed by atoms with E-state index in [0.717, 1.165) is 11.3 Å². The van der Waals surface area contributed by atoms with Gasteiger partial charge in [0.05, 0.1) is 14.2 Å². The Labute approximate surface area is 165 Å². The van der Waals surface area contributed by atoms with Crippen LogP contribution < -0.4 is 19.5 Å². The lowest BCUT2D eigenvalue weighted by Gasteiger charge is -2.26. The minimum absolute atomic E-state index is 0.0420. The van der Waals surface area contributed by atoms with Crippen molar-refractivity contribution in [2.75, 3.05) is 19.5 Å². The topological polar surface area (TPSA) is 70.4 Å². The zero-order chi connectivity index (χ0) is 20.4. The molecule has 1 N–H and O–H groups in total. The van der Waals surface area contributed by atoms with Crippen molar-refractivity contribution in [1.29, 1.82) is 0 Å². The van der Waals surface area contributed by atoms with Crippen LogP contribution in [0.25, 0.3) is 5.70 Å². The van der Waals surface area contributed by atoms with Gasteiger partial charge in [-0.25, -0.2) is 4.68 Å². The Morgan fingerprint density at radius 1 is 1.10 bits per heavy atom. The number of nitrogens with zero attached hydrogens (tertiary/aromatic N) is 3. The lowest BCUT2D eigenvalue weighted by atomic mass is 10.0. The normalized spacial score (nSPS) is 15.3. The summed E-state index contributed by atoms with van der Waals surface area (Å²) in [5.74, 6) is 1.33. The number of ether oxygens (including phenoxy) is 3. The number of hydrogen-bond acceptors (Lipinski definition) is 6. The van der Waals surface area contributed by atoms with Crippen LogP contribution in [-0.2, 0) is 0 Å². The molecule has 0 aliphatic carbocycles. The molecule has 1 aliphatic heterocycles. The molecule has 4 rings (SSSR count). The molecule has 150 valence electrons. The van der Waals surface area contributed by atoms with E-state index < -0.39 is 12.7 Å². The number of aromatic nitrogens is 3. The summed E-state index contributed by atoms with van der Waals surface area (Å²) in [5, 5.41) is 7.45. The zero-order valence-electron chi connectivity index (χ0n) is 15.7. The minimum atomic E-state index is -3.00. The SMILES string of the molecule is COc1cccc(C2=CC(c3cccc(OC)c3OC(F)F)n3ncnc3N2)c1. The van der Waals surface area contributed by atoms with E-state index in [4.69, 9.17) is 14.2 Å². The first-order valence-corrected chi connectivity index (χ1v) is 8.75. The first kappa shape index (κ1) is 18.7. The van der Waals surface area contributed by atoms with Gasteiger partial charge in [-0.1, -0.05) is 24.3 Å². The molecule has 0 radical (unpaired) electrons. The van der Waals surface area contributed by atoms with Gasteiger partial charge in [-0.05, 0) is 24.3 Å². The van der Waals surface area contributed by atoms with Crippen LogP contribution in [0.2, 0.25) is 0 Å². The molecule has 1 atom stereocenters. The molecule has 0 saturated heterocycles. The number of halogens is 2. The molecule has 2 heterocycles. The van der Waals surface area contributed by atoms with Crippen molar-refractivity contribution < 1.29 is 23.0 Å². The summed E-state index contributed by atoms with van der Waals surface area (Å²) in [6.07, 6.45) is 3.26. The smallest absolute Gasteiger partial charge is 0.387 e. The Hall–Kier alpha value is -3.62. The summed E-state index contributed by atoms with van der Waals surface area (Å²) in [7, 11) is 2.99. The first-order valence-electron chi connectivity index (χ1n) is 8.75. The molecule has 9 heteroatoms. The number of fused-ring (bicyclic) bond motifs is 1. The van der Waals surface area contributed by atoms with E-state index in [1.165, 1.54) is 13.4 Å². The minimum Gasteiger partial charge on any atom is -0.497 e. The van der Waals surface area contributed by atoms with Gasteiger partial charge in [-0.2, -0.15) is 18.9 Å². The van der Waals surface area contributed by atoms with E-state index in [-0.39, 0.29) is 11.5 Å². The quantitative estimate of drug-likeness (QED) is 0.676. The van der Waals surface area contributed by atoms with Crippen molar-refractivity contribution in [3.05, 3.63) is 66.0 Å². The van der Waals surface area contributed by atoms with E-state index in [9.17, 15) is 8.78 Å². The van der Waals surface area contributed by atoms with Crippen LogP contribution in [-0.4, -0.2) is 35.6 Å². The highest BCUT2D eigenvalue weighted by Gasteiger charge is 2.28. The lowest BCUT2D eigenvalue weighted by molar-refractivity contribution is -0.0520. The molecule has 0 saturated carbocycles. The van der Waals surface area contributed by atoms with Gasteiger partial charge in [-0.3, -0.25) is 0 Å². The highest BCUT2D eigenvalue weighted by atomic mass is 19.3. The van der Waals surface area contributed by atoms with E-state index in [1.807, 2.05) is 30.3 Å². The van der Waals surface area contributed by atoms with Crippen molar-refractivity contribution in [2.45, 2.75) is 12.7 Å². The molecule has 1 unspecified atom stereocenters. The maximum absolute atomic E-state index is 13.1. The predicted octanol–water partition coefficient (Wildman–Crippen LogP) is 3.95. The van der Waals surface area contributed by atoms with Gasteiger partial charge >= 0.3 is 6.61 Å². The van der Waals surface area contributed by atoms with Gasteiger partial charge < -0.3 is 19.5 Å². The number of alkyl halides is 2. The maximum atomic E-state index is 13.1. The van der Waals surface area contributed by atoms with Crippen LogP contribution in [0.4, 0.5) is 14.7 Å².